The van der Waals surface area contributed by atoms with Crippen molar-refractivity contribution in [3.05, 3.63) is 37.1 Å². The number of rotatable bonds is 2. The minimum absolute atomic E-state index is 0.618. The summed E-state index contributed by atoms with van der Waals surface area (Å²) in [7, 11) is 0. The van der Waals surface area contributed by atoms with E-state index in [1.807, 2.05) is 0 Å². The van der Waals surface area contributed by atoms with Crippen molar-refractivity contribution in [2.75, 3.05) is 0 Å². The van der Waals surface area contributed by atoms with Gasteiger partial charge in [-0.3, -0.25) is 0 Å². The first-order chi connectivity index (χ1) is 9.03. The number of halogens is 3. The van der Waals surface area contributed by atoms with Crippen LogP contribution in [0.15, 0.2) is 37.1 Å². The van der Waals surface area contributed by atoms with Crippen molar-refractivity contribution < 1.29 is 13.2 Å². The summed E-state index contributed by atoms with van der Waals surface area (Å²) in [5, 5.41) is 0.784. The Labute approximate surface area is 105 Å². The third-order valence-corrected chi connectivity index (χ3v) is 2.74. The Balaban J connectivity index is 2.01. The van der Waals surface area contributed by atoms with Gasteiger partial charge in [0.25, 0.3) is 0 Å². The molecule has 0 unspecified atom stereocenters. The van der Waals surface area contributed by atoms with Gasteiger partial charge in [-0.2, -0.15) is 13.2 Å². The Morgan fingerprint density at radius 3 is 2.84 bits per heavy atom. The van der Waals surface area contributed by atoms with Crippen LogP contribution in [0.4, 0.5) is 13.2 Å². The molecular formula is C12H9F3N4. The van der Waals surface area contributed by atoms with Crippen LogP contribution in [-0.4, -0.2) is 25.7 Å². The van der Waals surface area contributed by atoms with Gasteiger partial charge in [0.1, 0.15) is 18.5 Å². The van der Waals surface area contributed by atoms with Crippen LogP contribution < -0.4 is 0 Å². The standard InChI is InChI=1S/C12H9F3N4/c13-12(14,15)6-19-4-2-8(5-19)10-9-1-3-16-11(9)18-7-17-10/h1-5,7H,6H2,(H,16,17,18). The third kappa shape index (κ3) is 2.31. The molecule has 3 rings (SSSR count). The van der Waals surface area contributed by atoms with E-state index in [9.17, 15) is 13.2 Å². The first-order valence-electron chi connectivity index (χ1n) is 5.54. The molecule has 0 atom stereocenters. The molecule has 0 aromatic carbocycles. The van der Waals surface area contributed by atoms with Crippen LogP contribution in [0.3, 0.4) is 0 Å². The highest BCUT2D eigenvalue weighted by Gasteiger charge is 2.27. The van der Waals surface area contributed by atoms with E-state index in [-0.39, 0.29) is 0 Å². The molecule has 0 bridgehead atoms. The monoisotopic (exact) mass is 266 g/mol. The Hall–Kier alpha value is -2.31. The summed E-state index contributed by atoms with van der Waals surface area (Å²) in [6.07, 6.45) is 1.70. The van der Waals surface area contributed by atoms with Crippen LogP contribution in [0.1, 0.15) is 0 Å². The maximum Gasteiger partial charge on any atom is 0.406 e. The highest BCUT2D eigenvalue weighted by Crippen LogP contribution is 2.26. The molecule has 4 nitrogen and oxygen atoms in total. The highest BCUT2D eigenvalue weighted by atomic mass is 19.4. The molecule has 0 aliphatic carbocycles. The lowest BCUT2D eigenvalue weighted by atomic mass is 10.2. The van der Waals surface area contributed by atoms with E-state index >= 15 is 0 Å². The Morgan fingerprint density at radius 2 is 2.05 bits per heavy atom. The van der Waals surface area contributed by atoms with E-state index in [1.54, 1.807) is 18.3 Å². The summed E-state index contributed by atoms with van der Waals surface area (Å²) in [5.41, 5.74) is 1.91. The Morgan fingerprint density at radius 1 is 1.21 bits per heavy atom. The average Bonchev–Trinajstić information content (AvgIpc) is 2.94. The average molecular weight is 266 g/mol. The molecule has 0 amide bonds. The van der Waals surface area contributed by atoms with Crippen molar-refractivity contribution in [3.63, 3.8) is 0 Å². The molecule has 0 radical (unpaired) electrons. The minimum Gasteiger partial charge on any atom is -0.346 e. The topological polar surface area (TPSA) is 46.5 Å². The van der Waals surface area contributed by atoms with Crippen molar-refractivity contribution in [1.82, 2.24) is 19.5 Å². The van der Waals surface area contributed by atoms with Gasteiger partial charge in [0.15, 0.2) is 0 Å². The quantitative estimate of drug-likeness (QED) is 0.775. The van der Waals surface area contributed by atoms with Gasteiger partial charge in [-0.15, -0.1) is 0 Å². The van der Waals surface area contributed by atoms with Gasteiger partial charge >= 0.3 is 6.18 Å². The maximum atomic E-state index is 12.3. The Kier molecular flexibility index (Phi) is 2.55. The van der Waals surface area contributed by atoms with Gasteiger partial charge in [-0.1, -0.05) is 0 Å². The molecule has 7 heteroatoms. The third-order valence-electron chi connectivity index (χ3n) is 2.74. The van der Waals surface area contributed by atoms with Crippen LogP contribution in [0.5, 0.6) is 0 Å². The van der Waals surface area contributed by atoms with E-state index in [4.69, 9.17) is 0 Å². The predicted molar refractivity (Wildman–Crippen MR) is 63.4 cm³/mol. The molecule has 98 valence electrons. The number of alkyl halides is 3. The summed E-state index contributed by atoms with van der Waals surface area (Å²) in [6.45, 7) is -1.01. The largest absolute Gasteiger partial charge is 0.406 e. The van der Waals surface area contributed by atoms with Crippen molar-refractivity contribution >= 4 is 11.0 Å². The number of aromatic amines is 1. The first kappa shape index (κ1) is 11.8. The van der Waals surface area contributed by atoms with E-state index in [2.05, 4.69) is 15.0 Å². The molecule has 3 heterocycles. The van der Waals surface area contributed by atoms with Crippen molar-refractivity contribution in [2.45, 2.75) is 12.7 Å². The fourth-order valence-electron chi connectivity index (χ4n) is 1.99. The van der Waals surface area contributed by atoms with E-state index in [1.165, 1.54) is 18.7 Å². The molecule has 19 heavy (non-hydrogen) atoms. The predicted octanol–water partition coefficient (Wildman–Crippen LogP) is 2.99. The fourth-order valence-corrected chi connectivity index (χ4v) is 1.99. The van der Waals surface area contributed by atoms with E-state index < -0.39 is 12.7 Å². The van der Waals surface area contributed by atoms with E-state index in [0.717, 1.165) is 9.95 Å². The van der Waals surface area contributed by atoms with Crippen LogP contribution in [0.2, 0.25) is 0 Å². The minimum atomic E-state index is -4.23. The molecule has 0 saturated heterocycles. The van der Waals surface area contributed by atoms with Crippen molar-refractivity contribution in [3.8, 4) is 11.3 Å². The summed E-state index contributed by atoms with van der Waals surface area (Å²) in [5.74, 6) is 0. The molecular weight excluding hydrogens is 257 g/mol. The molecule has 0 aliphatic heterocycles. The number of fused-ring (bicyclic) bond motifs is 1. The van der Waals surface area contributed by atoms with Crippen molar-refractivity contribution in [2.24, 2.45) is 0 Å². The van der Waals surface area contributed by atoms with Crippen LogP contribution in [-0.2, 0) is 6.54 Å². The molecule has 1 N–H and O–H groups in total. The number of hydrogen-bond donors (Lipinski definition) is 1. The molecule has 0 aliphatic rings. The second-order valence-corrected chi connectivity index (χ2v) is 4.15. The summed E-state index contributed by atoms with van der Waals surface area (Å²) in [6, 6.07) is 3.41. The van der Waals surface area contributed by atoms with Gasteiger partial charge in [-0.25, -0.2) is 9.97 Å². The lowest BCUT2D eigenvalue weighted by Crippen LogP contribution is -2.16. The SMILES string of the molecule is FC(F)(F)Cn1ccc(-c2ncnc3[nH]ccc23)c1. The fraction of sp³-hybridized carbons (Fsp3) is 0.167. The molecule has 0 spiro atoms. The number of H-pyrrole nitrogens is 1. The molecule has 0 saturated carbocycles. The summed E-state index contributed by atoms with van der Waals surface area (Å²) >= 11 is 0. The van der Waals surface area contributed by atoms with Gasteiger partial charge in [0.2, 0.25) is 0 Å². The zero-order valence-electron chi connectivity index (χ0n) is 9.65. The second-order valence-electron chi connectivity index (χ2n) is 4.15. The highest BCUT2D eigenvalue weighted by molar-refractivity contribution is 5.90. The summed E-state index contributed by atoms with van der Waals surface area (Å²) in [4.78, 5) is 11.1. The Bertz CT molecular complexity index is 711. The number of hydrogen-bond acceptors (Lipinski definition) is 2. The molecule has 3 aromatic heterocycles. The normalized spacial score (nSPS) is 12.2. The molecule has 0 fully saturated rings. The number of aromatic nitrogens is 4. The smallest absolute Gasteiger partial charge is 0.346 e. The zero-order valence-corrected chi connectivity index (χ0v) is 9.65. The van der Waals surface area contributed by atoms with Crippen molar-refractivity contribution in [1.29, 1.82) is 0 Å². The number of nitrogens with zero attached hydrogens (tertiary/aromatic N) is 3. The first-order valence-corrected chi connectivity index (χ1v) is 5.54. The van der Waals surface area contributed by atoms with Gasteiger partial charge in [-0.05, 0) is 12.1 Å². The maximum absolute atomic E-state index is 12.3. The van der Waals surface area contributed by atoms with Gasteiger partial charge < -0.3 is 9.55 Å². The van der Waals surface area contributed by atoms with E-state index in [0.29, 0.717) is 16.9 Å². The lowest BCUT2D eigenvalue weighted by molar-refractivity contribution is -0.140. The van der Waals surface area contributed by atoms with Crippen LogP contribution >= 0.6 is 0 Å². The van der Waals surface area contributed by atoms with Crippen LogP contribution in [0.25, 0.3) is 22.3 Å². The summed E-state index contributed by atoms with van der Waals surface area (Å²) < 4.78 is 38.0. The molecule has 3 aromatic rings. The van der Waals surface area contributed by atoms with Gasteiger partial charge in [0, 0.05) is 29.5 Å². The second kappa shape index (κ2) is 4.11. The van der Waals surface area contributed by atoms with Gasteiger partial charge in [0.05, 0.1) is 5.69 Å². The lowest BCUT2D eigenvalue weighted by Gasteiger charge is -2.06. The zero-order chi connectivity index (χ0) is 13.5. The number of nitrogens with one attached hydrogen (secondary N) is 1. The van der Waals surface area contributed by atoms with Crippen LogP contribution in [0, 0.1) is 0 Å².